The third kappa shape index (κ3) is 4.36. The number of hydrogen-bond acceptors (Lipinski definition) is 3. The molecule has 4 rings (SSSR count). The maximum Gasteiger partial charge on any atom is 0.237 e. The van der Waals surface area contributed by atoms with E-state index in [4.69, 9.17) is 0 Å². The number of nitrogens with one attached hydrogen (secondary N) is 2. The van der Waals surface area contributed by atoms with Crippen LogP contribution in [0.3, 0.4) is 0 Å². The highest BCUT2D eigenvalue weighted by Gasteiger charge is 2.33. The number of rotatable bonds is 6. The van der Waals surface area contributed by atoms with E-state index in [1.165, 1.54) is 12.1 Å². The van der Waals surface area contributed by atoms with Crippen LogP contribution < -0.4 is 5.32 Å². The highest BCUT2D eigenvalue weighted by Crippen LogP contribution is 2.23. The zero-order valence-electron chi connectivity index (χ0n) is 18.1. The van der Waals surface area contributed by atoms with Gasteiger partial charge in [-0.3, -0.25) is 14.5 Å². The minimum Gasteiger partial charge on any atom is -0.357 e. The van der Waals surface area contributed by atoms with Crippen molar-refractivity contribution in [1.82, 2.24) is 20.1 Å². The van der Waals surface area contributed by atoms with Crippen LogP contribution in [0.1, 0.15) is 23.2 Å². The molecule has 0 bridgehead atoms. The Morgan fingerprint density at radius 2 is 1.97 bits per heavy atom. The number of para-hydroxylation sites is 1. The Bertz CT molecular complexity index is 1160. The summed E-state index contributed by atoms with van der Waals surface area (Å²) < 4.78 is 27.8. The van der Waals surface area contributed by atoms with Gasteiger partial charge in [-0.15, -0.1) is 0 Å². The van der Waals surface area contributed by atoms with Crippen molar-refractivity contribution in [3.8, 4) is 0 Å². The topological polar surface area (TPSA) is 68.4 Å². The number of hydrogen-bond donors (Lipinski definition) is 2. The van der Waals surface area contributed by atoms with E-state index in [9.17, 15) is 18.4 Å². The Balaban J connectivity index is 1.47. The van der Waals surface area contributed by atoms with Gasteiger partial charge < -0.3 is 15.2 Å². The van der Waals surface area contributed by atoms with Crippen LogP contribution in [0.25, 0.3) is 10.9 Å². The number of nitrogens with zero attached hydrogens (tertiary/aromatic N) is 2. The van der Waals surface area contributed by atoms with Crippen LogP contribution in [-0.4, -0.2) is 52.8 Å². The Labute approximate surface area is 185 Å². The maximum absolute atomic E-state index is 14.2. The molecule has 2 amide bonds. The number of piperazine rings is 1. The number of benzene rings is 2. The highest BCUT2D eigenvalue weighted by atomic mass is 19.2. The molecule has 2 aromatic carbocycles. The molecule has 1 aliphatic heterocycles. The lowest BCUT2D eigenvalue weighted by Gasteiger charge is -2.35. The van der Waals surface area contributed by atoms with E-state index in [1.807, 2.05) is 31.2 Å². The molecule has 32 heavy (non-hydrogen) atoms. The number of carbonyl (C=O) groups is 2. The Kier molecular flexibility index (Phi) is 6.23. The van der Waals surface area contributed by atoms with Gasteiger partial charge >= 0.3 is 0 Å². The number of H-pyrrole nitrogens is 1. The van der Waals surface area contributed by atoms with Crippen LogP contribution >= 0.6 is 0 Å². The number of aryl methyl sites for hydroxylation is 1. The minimum atomic E-state index is -0.926. The van der Waals surface area contributed by atoms with Crippen molar-refractivity contribution < 1.29 is 18.4 Å². The summed E-state index contributed by atoms with van der Waals surface area (Å²) in [6.07, 6.45) is -0.0431. The molecule has 168 valence electrons. The van der Waals surface area contributed by atoms with E-state index >= 15 is 0 Å². The fraction of sp³-hybridized carbons (Fsp3) is 0.333. The SMILES string of the molecule is Cc1c(CN(C)C(=O)C[C@@H]2C(=O)NCCN2Cc2cccc(F)c2F)[nH]c2ccccc12. The lowest BCUT2D eigenvalue weighted by molar-refractivity contribution is -0.138. The largest absolute Gasteiger partial charge is 0.357 e. The summed E-state index contributed by atoms with van der Waals surface area (Å²) in [7, 11) is 1.70. The molecule has 1 fully saturated rings. The fourth-order valence-corrected chi connectivity index (χ4v) is 4.21. The summed E-state index contributed by atoms with van der Waals surface area (Å²) in [6.45, 7) is 3.29. The van der Waals surface area contributed by atoms with Gasteiger partial charge in [0.05, 0.1) is 19.0 Å². The zero-order valence-corrected chi connectivity index (χ0v) is 18.1. The van der Waals surface area contributed by atoms with E-state index < -0.39 is 17.7 Å². The van der Waals surface area contributed by atoms with E-state index in [2.05, 4.69) is 10.3 Å². The van der Waals surface area contributed by atoms with Crippen LogP contribution in [0.15, 0.2) is 42.5 Å². The Morgan fingerprint density at radius 1 is 1.19 bits per heavy atom. The predicted octanol–water partition coefficient (Wildman–Crippen LogP) is 3.10. The molecule has 8 heteroatoms. The first-order chi connectivity index (χ1) is 15.3. The first kappa shape index (κ1) is 22.0. The standard InChI is InChI=1S/C24H26F2N4O2/c1-15-17-7-3-4-9-19(17)28-20(15)14-29(2)22(31)12-21-24(32)27-10-11-30(21)13-16-6-5-8-18(25)23(16)26/h3-9,21,28H,10-14H2,1-2H3,(H,27,32)/t21-/m1/s1. The van der Waals surface area contributed by atoms with Crippen LogP contribution in [0.2, 0.25) is 0 Å². The molecular formula is C24H26F2N4O2. The van der Waals surface area contributed by atoms with Gasteiger partial charge in [0, 0.05) is 48.8 Å². The fourth-order valence-electron chi connectivity index (χ4n) is 4.21. The molecule has 2 heterocycles. The second-order valence-electron chi connectivity index (χ2n) is 8.22. The first-order valence-electron chi connectivity index (χ1n) is 10.6. The van der Waals surface area contributed by atoms with Gasteiger partial charge in [-0.2, -0.15) is 0 Å². The molecule has 2 N–H and O–H groups in total. The van der Waals surface area contributed by atoms with Crippen molar-refractivity contribution in [2.75, 3.05) is 20.1 Å². The lowest BCUT2D eigenvalue weighted by Crippen LogP contribution is -2.56. The third-order valence-corrected chi connectivity index (χ3v) is 6.10. The summed E-state index contributed by atoms with van der Waals surface area (Å²) in [4.78, 5) is 32.2. The molecule has 0 unspecified atom stereocenters. The van der Waals surface area contributed by atoms with E-state index in [0.717, 1.165) is 28.2 Å². The van der Waals surface area contributed by atoms with E-state index in [1.54, 1.807) is 16.8 Å². The second-order valence-corrected chi connectivity index (χ2v) is 8.22. The summed E-state index contributed by atoms with van der Waals surface area (Å²) in [5.74, 6) is -2.33. The van der Waals surface area contributed by atoms with Crippen molar-refractivity contribution in [1.29, 1.82) is 0 Å². The molecular weight excluding hydrogens is 414 g/mol. The van der Waals surface area contributed by atoms with Crippen molar-refractivity contribution in [3.63, 3.8) is 0 Å². The summed E-state index contributed by atoms with van der Waals surface area (Å²) in [6, 6.07) is 11.2. The van der Waals surface area contributed by atoms with Crippen LogP contribution in [0.4, 0.5) is 8.78 Å². The van der Waals surface area contributed by atoms with Gasteiger partial charge in [0.1, 0.15) is 0 Å². The lowest BCUT2D eigenvalue weighted by atomic mass is 10.1. The van der Waals surface area contributed by atoms with E-state index in [-0.39, 0.29) is 30.3 Å². The number of aromatic amines is 1. The normalized spacial score (nSPS) is 16.9. The van der Waals surface area contributed by atoms with Crippen LogP contribution in [-0.2, 0) is 22.7 Å². The number of fused-ring (bicyclic) bond motifs is 1. The average molecular weight is 440 g/mol. The van der Waals surface area contributed by atoms with Crippen molar-refractivity contribution >= 4 is 22.7 Å². The van der Waals surface area contributed by atoms with Gasteiger partial charge in [0.2, 0.25) is 11.8 Å². The molecule has 6 nitrogen and oxygen atoms in total. The summed E-state index contributed by atoms with van der Waals surface area (Å²) in [5, 5.41) is 3.88. The van der Waals surface area contributed by atoms with Crippen molar-refractivity contribution in [2.45, 2.75) is 32.5 Å². The molecule has 1 saturated heterocycles. The average Bonchev–Trinajstić information content (AvgIpc) is 3.09. The Hall–Kier alpha value is -3.26. The number of carbonyl (C=O) groups excluding carboxylic acids is 2. The molecule has 1 aliphatic rings. The monoisotopic (exact) mass is 440 g/mol. The zero-order chi connectivity index (χ0) is 22.8. The van der Waals surface area contributed by atoms with Crippen LogP contribution in [0.5, 0.6) is 0 Å². The predicted molar refractivity (Wildman–Crippen MR) is 118 cm³/mol. The van der Waals surface area contributed by atoms with Crippen molar-refractivity contribution in [2.24, 2.45) is 0 Å². The third-order valence-electron chi connectivity index (χ3n) is 6.10. The van der Waals surface area contributed by atoms with Crippen molar-refractivity contribution in [3.05, 3.63) is 70.9 Å². The smallest absolute Gasteiger partial charge is 0.237 e. The first-order valence-corrected chi connectivity index (χ1v) is 10.6. The maximum atomic E-state index is 14.2. The molecule has 0 radical (unpaired) electrons. The van der Waals surface area contributed by atoms with Gasteiger partial charge in [-0.25, -0.2) is 8.78 Å². The summed E-state index contributed by atoms with van der Waals surface area (Å²) >= 11 is 0. The summed E-state index contributed by atoms with van der Waals surface area (Å²) in [5.41, 5.74) is 3.20. The van der Waals surface area contributed by atoms with Crippen LogP contribution in [0, 0.1) is 18.6 Å². The molecule has 0 saturated carbocycles. The molecule has 1 atom stereocenters. The minimum absolute atomic E-state index is 0.0431. The number of aromatic nitrogens is 1. The van der Waals surface area contributed by atoms with Gasteiger partial charge in [-0.05, 0) is 24.6 Å². The number of amides is 2. The second kappa shape index (κ2) is 9.08. The van der Waals surface area contributed by atoms with Gasteiger partial charge in [-0.1, -0.05) is 30.3 Å². The Morgan fingerprint density at radius 3 is 2.75 bits per heavy atom. The molecule has 0 spiro atoms. The highest BCUT2D eigenvalue weighted by molar-refractivity contribution is 5.89. The molecule has 0 aliphatic carbocycles. The quantitative estimate of drug-likeness (QED) is 0.619. The van der Waals surface area contributed by atoms with Gasteiger partial charge in [0.15, 0.2) is 11.6 Å². The molecule has 1 aromatic heterocycles. The van der Waals surface area contributed by atoms with E-state index in [0.29, 0.717) is 19.6 Å². The molecule has 3 aromatic rings. The number of halogens is 2. The van der Waals surface area contributed by atoms with Gasteiger partial charge in [0.25, 0.3) is 0 Å².